The fraction of sp³-hybridized carbons (Fsp3) is 0.500. The van der Waals surface area contributed by atoms with Gasteiger partial charge in [0.1, 0.15) is 0 Å². The number of aliphatic hydroxyl groups is 1. The first kappa shape index (κ1) is 13.5. The van der Waals surface area contributed by atoms with E-state index in [1.54, 1.807) is 19.1 Å². The lowest BCUT2D eigenvalue weighted by Gasteiger charge is -2.26. The van der Waals surface area contributed by atoms with Crippen molar-refractivity contribution in [2.45, 2.75) is 17.9 Å². The average Bonchev–Trinajstić information content (AvgIpc) is 2.40. The Bertz CT molecular complexity index is 489. The molecule has 0 unspecified atom stereocenters. The summed E-state index contributed by atoms with van der Waals surface area (Å²) in [5, 5.41) is 9.39. The first-order chi connectivity index (χ1) is 8.51. The lowest BCUT2D eigenvalue weighted by Crippen LogP contribution is -2.40. The first-order valence-corrected chi connectivity index (χ1v) is 7.32. The van der Waals surface area contributed by atoms with Crippen LogP contribution in [0.2, 0.25) is 0 Å². The molecule has 1 atom stereocenters. The zero-order valence-electron chi connectivity index (χ0n) is 10.2. The molecule has 100 valence electrons. The fourth-order valence-corrected chi connectivity index (χ4v) is 3.26. The second kappa shape index (κ2) is 5.36. The molecule has 1 fully saturated rings. The predicted octanol–water partition coefficient (Wildman–Crippen LogP) is 0.761. The molecule has 1 heterocycles. The quantitative estimate of drug-likeness (QED) is 0.881. The Balaban J connectivity index is 2.23. The smallest absolute Gasteiger partial charge is 0.243 e. The normalized spacial score (nSPS) is 19.7. The molecular formula is C12H17NO4S. The van der Waals surface area contributed by atoms with Gasteiger partial charge in [-0.2, -0.15) is 4.31 Å². The molecule has 1 aromatic carbocycles. The van der Waals surface area contributed by atoms with E-state index >= 15 is 0 Å². The molecule has 18 heavy (non-hydrogen) atoms. The second-order valence-corrected chi connectivity index (χ2v) is 6.20. The van der Waals surface area contributed by atoms with Crippen LogP contribution in [-0.2, 0) is 14.8 Å². The van der Waals surface area contributed by atoms with Gasteiger partial charge in [-0.05, 0) is 24.6 Å². The molecule has 6 heteroatoms. The summed E-state index contributed by atoms with van der Waals surface area (Å²) in [6, 6.07) is 6.34. The number of sulfonamides is 1. The Hall–Kier alpha value is -0.950. The maximum Gasteiger partial charge on any atom is 0.243 e. The van der Waals surface area contributed by atoms with Gasteiger partial charge in [0, 0.05) is 13.1 Å². The molecule has 0 saturated carbocycles. The fourth-order valence-electron chi connectivity index (χ4n) is 1.85. The van der Waals surface area contributed by atoms with Crippen molar-refractivity contribution < 1.29 is 18.3 Å². The number of aliphatic hydroxyl groups excluding tert-OH is 1. The number of ether oxygens (including phenoxy) is 1. The van der Waals surface area contributed by atoms with Gasteiger partial charge in [0.15, 0.2) is 0 Å². The summed E-state index contributed by atoms with van der Waals surface area (Å²) < 4.78 is 31.1. The molecule has 5 nitrogen and oxygen atoms in total. The molecule has 1 aromatic rings. The van der Waals surface area contributed by atoms with Gasteiger partial charge in [-0.15, -0.1) is 0 Å². The first-order valence-electron chi connectivity index (χ1n) is 5.88. The van der Waals surface area contributed by atoms with Crippen LogP contribution in [0.25, 0.3) is 0 Å². The minimum Gasteiger partial charge on any atom is -0.389 e. The minimum atomic E-state index is -3.43. The Labute approximate surface area is 107 Å². The van der Waals surface area contributed by atoms with E-state index < -0.39 is 16.1 Å². The number of benzene rings is 1. The van der Waals surface area contributed by atoms with Crippen LogP contribution in [0.4, 0.5) is 0 Å². The number of morpholine rings is 1. The Morgan fingerprint density at radius 2 is 1.78 bits per heavy atom. The molecule has 2 rings (SSSR count). The van der Waals surface area contributed by atoms with Crippen LogP contribution >= 0.6 is 0 Å². The lowest BCUT2D eigenvalue weighted by molar-refractivity contribution is 0.0730. The third-order valence-corrected chi connectivity index (χ3v) is 4.88. The molecule has 0 spiro atoms. The lowest BCUT2D eigenvalue weighted by atomic mass is 10.1. The molecule has 1 aliphatic heterocycles. The van der Waals surface area contributed by atoms with E-state index in [-0.39, 0.29) is 4.90 Å². The number of rotatable bonds is 3. The topological polar surface area (TPSA) is 66.8 Å². The van der Waals surface area contributed by atoms with Crippen molar-refractivity contribution in [3.63, 3.8) is 0 Å². The van der Waals surface area contributed by atoms with Crippen LogP contribution in [-0.4, -0.2) is 44.1 Å². The van der Waals surface area contributed by atoms with E-state index in [9.17, 15) is 13.5 Å². The highest BCUT2D eigenvalue weighted by atomic mass is 32.2. The zero-order valence-corrected chi connectivity index (χ0v) is 11.1. The van der Waals surface area contributed by atoms with Crippen LogP contribution in [0.1, 0.15) is 18.6 Å². The molecule has 0 aromatic heterocycles. The highest BCUT2D eigenvalue weighted by molar-refractivity contribution is 7.89. The molecule has 1 N–H and O–H groups in total. The number of hydrogen-bond donors (Lipinski definition) is 1. The van der Waals surface area contributed by atoms with Crippen molar-refractivity contribution in [1.29, 1.82) is 0 Å². The molecule has 0 aliphatic carbocycles. The maximum absolute atomic E-state index is 12.3. The maximum atomic E-state index is 12.3. The van der Waals surface area contributed by atoms with Crippen LogP contribution in [0.5, 0.6) is 0 Å². The number of nitrogens with zero attached hydrogens (tertiary/aromatic N) is 1. The van der Waals surface area contributed by atoms with Gasteiger partial charge >= 0.3 is 0 Å². The van der Waals surface area contributed by atoms with E-state index in [0.717, 1.165) is 0 Å². The summed E-state index contributed by atoms with van der Waals surface area (Å²) in [6.45, 7) is 3.29. The largest absolute Gasteiger partial charge is 0.389 e. The minimum absolute atomic E-state index is 0.258. The third-order valence-electron chi connectivity index (χ3n) is 2.97. The van der Waals surface area contributed by atoms with Gasteiger partial charge in [0.25, 0.3) is 0 Å². The molecule has 0 bridgehead atoms. The standard InChI is InChI=1S/C12H17NO4S/c1-10(14)11-2-4-12(5-3-11)18(15,16)13-6-8-17-9-7-13/h2-5,10,14H,6-9H2,1H3/t10-/m0/s1. The molecule has 1 saturated heterocycles. The van der Waals surface area contributed by atoms with Crippen molar-refractivity contribution >= 4 is 10.0 Å². The van der Waals surface area contributed by atoms with Gasteiger partial charge in [-0.1, -0.05) is 12.1 Å². The van der Waals surface area contributed by atoms with Gasteiger partial charge in [-0.3, -0.25) is 0 Å². The van der Waals surface area contributed by atoms with E-state index in [4.69, 9.17) is 4.74 Å². The van der Waals surface area contributed by atoms with Gasteiger partial charge in [0.2, 0.25) is 10.0 Å². The van der Waals surface area contributed by atoms with Crippen LogP contribution in [0.15, 0.2) is 29.2 Å². The van der Waals surface area contributed by atoms with Crippen molar-refractivity contribution in [1.82, 2.24) is 4.31 Å². The monoisotopic (exact) mass is 271 g/mol. The van der Waals surface area contributed by atoms with E-state index in [0.29, 0.717) is 31.9 Å². The van der Waals surface area contributed by atoms with E-state index in [2.05, 4.69) is 0 Å². The van der Waals surface area contributed by atoms with E-state index in [1.165, 1.54) is 16.4 Å². The van der Waals surface area contributed by atoms with Crippen molar-refractivity contribution in [3.05, 3.63) is 29.8 Å². The molecular weight excluding hydrogens is 254 g/mol. The van der Waals surface area contributed by atoms with Crippen molar-refractivity contribution in [2.75, 3.05) is 26.3 Å². The van der Waals surface area contributed by atoms with Crippen LogP contribution in [0, 0.1) is 0 Å². The SMILES string of the molecule is C[C@H](O)c1ccc(S(=O)(=O)N2CCOCC2)cc1. The van der Waals surface area contributed by atoms with Crippen LogP contribution in [0.3, 0.4) is 0 Å². The predicted molar refractivity (Wildman–Crippen MR) is 66.7 cm³/mol. The average molecular weight is 271 g/mol. The van der Waals surface area contributed by atoms with Gasteiger partial charge < -0.3 is 9.84 Å². The highest BCUT2D eigenvalue weighted by Gasteiger charge is 2.26. The second-order valence-electron chi connectivity index (χ2n) is 4.26. The summed E-state index contributed by atoms with van der Waals surface area (Å²) in [6.07, 6.45) is -0.592. The Kier molecular flexibility index (Phi) is 4.01. The summed E-state index contributed by atoms with van der Waals surface area (Å²) >= 11 is 0. The Morgan fingerprint density at radius 3 is 2.28 bits per heavy atom. The molecule has 1 aliphatic rings. The van der Waals surface area contributed by atoms with Crippen molar-refractivity contribution in [3.8, 4) is 0 Å². The summed E-state index contributed by atoms with van der Waals surface area (Å²) in [5.41, 5.74) is 0.705. The summed E-state index contributed by atoms with van der Waals surface area (Å²) in [4.78, 5) is 0.258. The third kappa shape index (κ3) is 2.72. The van der Waals surface area contributed by atoms with Gasteiger partial charge in [-0.25, -0.2) is 8.42 Å². The molecule has 0 radical (unpaired) electrons. The van der Waals surface area contributed by atoms with Crippen molar-refractivity contribution in [2.24, 2.45) is 0 Å². The summed E-state index contributed by atoms with van der Waals surface area (Å²) in [7, 11) is -3.43. The zero-order chi connectivity index (χ0) is 13.2. The number of hydrogen-bond acceptors (Lipinski definition) is 4. The van der Waals surface area contributed by atoms with Gasteiger partial charge in [0.05, 0.1) is 24.2 Å². The van der Waals surface area contributed by atoms with Crippen LogP contribution < -0.4 is 0 Å². The van der Waals surface area contributed by atoms with E-state index in [1.807, 2.05) is 0 Å². The molecule has 0 amide bonds. The summed E-state index contributed by atoms with van der Waals surface area (Å²) in [5.74, 6) is 0. The Morgan fingerprint density at radius 1 is 1.22 bits per heavy atom. The highest BCUT2D eigenvalue weighted by Crippen LogP contribution is 2.19.